The minimum Gasteiger partial charge on any atom is -0.486 e. The minimum absolute atomic E-state index is 0.253. The normalized spacial score (nSPS) is 15.6. The van der Waals surface area contributed by atoms with E-state index in [0.717, 1.165) is 0 Å². The Hall–Kier alpha value is -2.86. The number of hydrogen-bond donors (Lipinski definition) is 2. The van der Waals surface area contributed by atoms with Crippen LogP contribution in [0.15, 0.2) is 47.5 Å². The van der Waals surface area contributed by atoms with Gasteiger partial charge in [-0.1, -0.05) is 17.7 Å². The lowest BCUT2D eigenvalue weighted by Crippen LogP contribution is -2.24. The van der Waals surface area contributed by atoms with Crippen LogP contribution >= 0.6 is 11.6 Å². The van der Waals surface area contributed by atoms with Gasteiger partial charge in [-0.2, -0.15) is 4.99 Å². The summed E-state index contributed by atoms with van der Waals surface area (Å²) in [5.74, 6) is -0.869. The molecular weight excluding hydrogens is 345 g/mol. The van der Waals surface area contributed by atoms with Crippen LogP contribution in [0, 0.1) is 5.82 Å². The maximum atomic E-state index is 14.4. The molecule has 0 aliphatic carbocycles. The second-order valence-electron chi connectivity index (χ2n) is 5.55. The first-order valence-electron chi connectivity index (χ1n) is 7.48. The van der Waals surface area contributed by atoms with E-state index in [1.165, 1.54) is 12.1 Å². The van der Waals surface area contributed by atoms with Crippen LogP contribution in [0.3, 0.4) is 0 Å². The van der Waals surface area contributed by atoms with Gasteiger partial charge >= 0.3 is 0 Å². The summed E-state index contributed by atoms with van der Waals surface area (Å²) < 4.78 is 20.1. The van der Waals surface area contributed by atoms with Gasteiger partial charge in [-0.25, -0.2) is 4.39 Å². The lowest BCUT2D eigenvalue weighted by Gasteiger charge is -2.24. The maximum absolute atomic E-state index is 14.4. The highest BCUT2D eigenvalue weighted by molar-refractivity contribution is 6.32. The molecule has 1 atom stereocenters. The highest BCUT2D eigenvalue weighted by Gasteiger charge is 2.24. The number of amides is 1. The number of aliphatic imine (C=N–C) groups is 1. The van der Waals surface area contributed by atoms with E-state index >= 15 is 0 Å². The molecule has 0 fully saturated rings. The number of carbonyl (C=O) groups is 1. The van der Waals surface area contributed by atoms with Crippen molar-refractivity contribution in [2.24, 2.45) is 16.5 Å². The van der Waals surface area contributed by atoms with Gasteiger partial charge < -0.3 is 16.2 Å². The number of ether oxygens (including phenoxy) is 1. The molecule has 2 aromatic carbocycles. The zero-order valence-electron chi connectivity index (χ0n) is 13.3. The van der Waals surface area contributed by atoms with E-state index in [-0.39, 0.29) is 28.2 Å². The van der Waals surface area contributed by atoms with Gasteiger partial charge in [0.15, 0.2) is 5.96 Å². The van der Waals surface area contributed by atoms with E-state index in [1.54, 1.807) is 30.3 Å². The molecule has 0 aromatic heterocycles. The Bertz CT molecular complexity index is 900. The van der Waals surface area contributed by atoms with Crippen LogP contribution in [-0.4, -0.2) is 18.0 Å². The second kappa shape index (κ2) is 6.57. The number of guanidine groups is 1. The third-order valence-electron chi connectivity index (χ3n) is 3.69. The number of rotatable bonds is 2. The van der Waals surface area contributed by atoms with Crippen molar-refractivity contribution in [1.82, 2.24) is 0 Å². The van der Waals surface area contributed by atoms with E-state index < -0.39 is 11.7 Å². The first kappa shape index (κ1) is 17.0. The monoisotopic (exact) mass is 359 g/mol. The van der Waals surface area contributed by atoms with Crippen LogP contribution in [0.4, 0.5) is 4.39 Å². The van der Waals surface area contributed by atoms with E-state index in [4.69, 9.17) is 27.8 Å². The molecule has 25 heavy (non-hydrogen) atoms. The highest BCUT2D eigenvalue weighted by atomic mass is 35.5. The minimum atomic E-state index is -0.597. The fourth-order valence-corrected chi connectivity index (χ4v) is 2.95. The van der Waals surface area contributed by atoms with Crippen molar-refractivity contribution >= 4 is 29.0 Å². The van der Waals surface area contributed by atoms with Crippen LogP contribution in [0.5, 0.6) is 5.75 Å². The van der Waals surface area contributed by atoms with Crippen molar-refractivity contribution in [3.8, 4) is 5.75 Å². The molecule has 0 spiro atoms. The summed E-state index contributed by atoms with van der Waals surface area (Å²) in [5, 5.41) is 0.271. The number of nitrogens with two attached hydrogens (primary N) is 2. The van der Waals surface area contributed by atoms with Gasteiger partial charge in [0.1, 0.15) is 17.7 Å². The SMILES string of the molecule is CC1C=C(c2c(F)cccc2Cl)c2cc(C(=O)N=C(N)N)ccc2O1. The molecule has 1 aliphatic heterocycles. The Morgan fingerprint density at radius 3 is 2.72 bits per heavy atom. The highest BCUT2D eigenvalue weighted by Crippen LogP contribution is 2.40. The Labute approximate surface area is 148 Å². The van der Waals surface area contributed by atoms with Gasteiger partial charge in [0.2, 0.25) is 0 Å². The first-order chi connectivity index (χ1) is 11.9. The summed E-state index contributed by atoms with van der Waals surface area (Å²) in [6.07, 6.45) is 1.47. The topological polar surface area (TPSA) is 90.7 Å². The zero-order chi connectivity index (χ0) is 18.1. The van der Waals surface area contributed by atoms with Crippen molar-refractivity contribution in [3.63, 3.8) is 0 Å². The van der Waals surface area contributed by atoms with Crippen molar-refractivity contribution in [2.75, 3.05) is 0 Å². The zero-order valence-corrected chi connectivity index (χ0v) is 14.0. The maximum Gasteiger partial charge on any atom is 0.280 e. The Balaban J connectivity index is 2.17. The van der Waals surface area contributed by atoms with Gasteiger partial charge in [0, 0.05) is 16.7 Å². The largest absolute Gasteiger partial charge is 0.486 e. The molecule has 1 aliphatic rings. The number of benzene rings is 2. The van der Waals surface area contributed by atoms with Crippen molar-refractivity contribution in [3.05, 3.63) is 70.0 Å². The van der Waals surface area contributed by atoms with E-state index in [1.807, 2.05) is 6.92 Å². The summed E-state index contributed by atoms with van der Waals surface area (Å²) in [7, 11) is 0. The molecule has 1 heterocycles. The van der Waals surface area contributed by atoms with Gasteiger partial charge in [-0.15, -0.1) is 0 Å². The molecule has 1 unspecified atom stereocenters. The lowest BCUT2D eigenvalue weighted by molar-refractivity contribution is 0.100. The standard InChI is InChI=1S/C18H15ClFN3O2/c1-9-7-12(16-13(19)3-2-4-14(16)20)11-8-10(5-6-15(11)25-9)17(24)23-18(21)22/h2-9H,1H3,(H4,21,22,23,24). The van der Waals surface area contributed by atoms with Gasteiger partial charge in [0.05, 0.1) is 5.02 Å². The van der Waals surface area contributed by atoms with Crippen LogP contribution in [0.1, 0.15) is 28.4 Å². The third kappa shape index (κ3) is 3.34. The van der Waals surface area contributed by atoms with Gasteiger partial charge in [0.25, 0.3) is 5.91 Å². The average Bonchev–Trinajstić information content (AvgIpc) is 2.53. The molecule has 0 radical (unpaired) electrons. The number of halogens is 2. The fraction of sp³-hybridized carbons (Fsp3) is 0.111. The van der Waals surface area contributed by atoms with Crippen molar-refractivity contribution in [2.45, 2.75) is 13.0 Å². The van der Waals surface area contributed by atoms with E-state index in [9.17, 15) is 9.18 Å². The van der Waals surface area contributed by atoms with Gasteiger partial charge in [-0.3, -0.25) is 4.79 Å². The second-order valence-corrected chi connectivity index (χ2v) is 5.96. The molecule has 0 saturated heterocycles. The predicted octanol–water partition coefficient (Wildman–Crippen LogP) is 3.11. The smallest absolute Gasteiger partial charge is 0.280 e. The van der Waals surface area contributed by atoms with Crippen LogP contribution in [0.25, 0.3) is 5.57 Å². The fourth-order valence-electron chi connectivity index (χ4n) is 2.69. The lowest BCUT2D eigenvalue weighted by atomic mass is 9.92. The first-order valence-corrected chi connectivity index (χ1v) is 7.86. The van der Waals surface area contributed by atoms with Crippen LogP contribution < -0.4 is 16.2 Å². The Morgan fingerprint density at radius 2 is 2.04 bits per heavy atom. The van der Waals surface area contributed by atoms with Crippen molar-refractivity contribution in [1.29, 1.82) is 0 Å². The van der Waals surface area contributed by atoms with E-state index in [2.05, 4.69) is 4.99 Å². The molecule has 0 bridgehead atoms. The van der Waals surface area contributed by atoms with Crippen molar-refractivity contribution < 1.29 is 13.9 Å². The Morgan fingerprint density at radius 1 is 1.28 bits per heavy atom. The Kier molecular flexibility index (Phi) is 4.46. The number of fused-ring (bicyclic) bond motifs is 1. The van der Waals surface area contributed by atoms with Crippen LogP contribution in [0.2, 0.25) is 5.02 Å². The van der Waals surface area contributed by atoms with Crippen LogP contribution in [-0.2, 0) is 0 Å². The average molecular weight is 360 g/mol. The molecule has 3 rings (SSSR count). The quantitative estimate of drug-likeness (QED) is 0.636. The molecular formula is C18H15ClFN3O2. The summed E-state index contributed by atoms with van der Waals surface area (Å²) in [6.45, 7) is 1.83. The molecule has 4 N–H and O–H groups in total. The number of carbonyl (C=O) groups excluding carboxylic acids is 1. The molecule has 5 nitrogen and oxygen atoms in total. The molecule has 128 valence electrons. The summed E-state index contributed by atoms with van der Waals surface area (Å²) in [6, 6.07) is 9.20. The number of hydrogen-bond acceptors (Lipinski definition) is 2. The predicted molar refractivity (Wildman–Crippen MR) is 95.2 cm³/mol. The molecule has 0 saturated carbocycles. The molecule has 1 amide bonds. The third-order valence-corrected chi connectivity index (χ3v) is 4.01. The van der Waals surface area contributed by atoms with E-state index in [0.29, 0.717) is 16.9 Å². The molecule has 2 aromatic rings. The summed E-state index contributed by atoms with van der Waals surface area (Å²) in [4.78, 5) is 15.6. The van der Waals surface area contributed by atoms with Gasteiger partial charge in [-0.05, 0) is 48.9 Å². The number of nitrogens with zero attached hydrogens (tertiary/aromatic N) is 1. The summed E-state index contributed by atoms with van der Waals surface area (Å²) in [5.41, 5.74) is 12.1. The molecule has 7 heteroatoms. The summed E-state index contributed by atoms with van der Waals surface area (Å²) >= 11 is 6.20.